The number of carbonyl (C=O) groups is 3. The molecule has 0 unspecified atom stereocenters. The molecular formula is C16H22N4O4. The Morgan fingerprint density at radius 2 is 2.04 bits per heavy atom. The number of carbonyl (C=O) groups excluding carboxylic acids is 3. The molecule has 8 nitrogen and oxygen atoms in total. The van der Waals surface area contributed by atoms with Crippen LogP contribution in [0.3, 0.4) is 0 Å². The van der Waals surface area contributed by atoms with Crippen LogP contribution < -0.4 is 25.6 Å². The Bertz CT molecular complexity index is 620. The van der Waals surface area contributed by atoms with Crippen LogP contribution in [0.5, 0.6) is 5.75 Å². The molecule has 4 amide bonds. The molecule has 1 aromatic rings. The van der Waals surface area contributed by atoms with Gasteiger partial charge in [0.05, 0.1) is 18.8 Å². The molecule has 0 spiro atoms. The molecule has 0 aliphatic carbocycles. The Hall–Kier alpha value is -2.77. The Kier molecular flexibility index (Phi) is 6.00. The monoisotopic (exact) mass is 334 g/mol. The van der Waals surface area contributed by atoms with Gasteiger partial charge in [0, 0.05) is 13.6 Å². The predicted molar refractivity (Wildman–Crippen MR) is 89.0 cm³/mol. The number of ether oxygens (including phenoxy) is 1. The van der Waals surface area contributed by atoms with Crippen molar-refractivity contribution in [1.29, 1.82) is 0 Å². The van der Waals surface area contributed by atoms with Crippen LogP contribution in [0.1, 0.15) is 13.3 Å². The van der Waals surface area contributed by atoms with Crippen molar-refractivity contribution in [2.45, 2.75) is 19.4 Å². The zero-order chi connectivity index (χ0) is 17.5. The first-order valence-corrected chi connectivity index (χ1v) is 7.85. The third-order valence-electron chi connectivity index (χ3n) is 3.52. The van der Waals surface area contributed by atoms with Crippen molar-refractivity contribution in [3.8, 4) is 5.75 Å². The summed E-state index contributed by atoms with van der Waals surface area (Å²) >= 11 is 0. The minimum atomic E-state index is -0.709. The van der Waals surface area contributed by atoms with Crippen LogP contribution in [0.25, 0.3) is 0 Å². The van der Waals surface area contributed by atoms with Crippen molar-refractivity contribution in [2.24, 2.45) is 0 Å². The zero-order valence-electron chi connectivity index (χ0n) is 13.8. The number of nitrogens with zero attached hydrogens (tertiary/aromatic N) is 1. The van der Waals surface area contributed by atoms with E-state index in [-0.39, 0.29) is 19.0 Å². The van der Waals surface area contributed by atoms with E-state index < -0.39 is 18.0 Å². The van der Waals surface area contributed by atoms with Crippen molar-refractivity contribution in [3.05, 3.63) is 24.3 Å². The molecule has 0 fully saturated rings. The van der Waals surface area contributed by atoms with Gasteiger partial charge in [-0.25, -0.2) is 4.79 Å². The maximum absolute atomic E-state index is 12.2. The van der Waals surface area contributed by atoms with Gasteiger partial charge in [-0.3, -0.25) is 14.9 Å². The highest BCUT2D eigenvalue weighted by Gasteiger charge is 2.31. The summed E-state index contributed by atoms with van der Waals surface area (Å²) in [4.78, 5) is 37.2. The maximum atomic E-state index is 12.2. The number of hydrogen-bond acceptors (Lipinski definition) is 5. The van der Waals surface area contributed by atoms with Crippen LogP contribution in [-0.2, 0) is 9.59 Å². The topological polar surface area (TPSA) is 99.8 Å². The number of amides is 4. The number of imide groups is 1. The summed E-state index contributed by atoms with van der Waals surface area (Å²) in [5.41, 5.74) is 0.712. The normalized spacial score (nSPS) is 15.8. The van der Waals surface area contributed by atoms with E-state index in [0.29, 0.717) is 18.0 Å². The average Bonchev–Trinajstić information content (AvgIpc) is 2.59. The van der Waals surface area contributed by atoms with Crippen LogP contribution in [-0.4, -0.2) is 50.6 Å². The van der Waals surface area contributed by atoms with E-state index in [4.69, 9.17) is 4.74 Å². The van der Waals surface area contributed by atoms with E-state index in [1.165, 1.54) is 7.05 Å². The zero-order valence-corrected chi connectivity index (χ0v) is 13.8. The van der Waals surface area contributed by atoms with Gasteiger partial charge >= 0.3 is 6.03 Å². The number of urea groups is 1. The van der Waals surface area contributed by atoms with Crippen molar-refractivity contribution in [1.82, 2.24) is 16.0 Å². The molecule has 1 aromatic carbocycles. The van der Waals surface area contributed by atoms with E-state index in [2.05, 4.69) is 16.0 Å². The lowest BCUT2D eigenvalue weighted by Gasteiger charge is -2.35. The first kappa shape index (κ1) is 17.6. The summed E-state index contributed by atoms with van der Waals surface area (Å²) in [6, 6.07) is 6.61. The van der Waals surface area contributed by atoms with Crippen molar-refractivity contribution in [3.63, 3.8) is 0 Å². The molecule has 0 saturated carbocycles. The number of fused-ring (bicyclic) bond motifs is 1. The Morgan fingerprint density at radius 3 is 2.75 bits per heavy atom. The second kappa shape index (κ2) is 8.19. The van der Waals surface area contributed by atoms with Gasteiger partial charge in [-0.2, -0.15) is 0 Å². The van der Waals surface area contributed by atoms with Crippen LogP contribution in [0.2, 0.25) is 0 Å². The van der Waals surface area contributed by atoms with Gasteiger partial charge in [-0.1, -0.05) is 19.1 Å². The van der Waals surface area contributed by atoms with E-state index in [1.807, 2.05) is 19.1 Å². The Morgan fingerprint density at radius 1 is 1.29 bits per heavy atom. The molecule has 24 heavy (non-hydrogen) atoms. The SMILES string of the molecule is CCCNC(=O)[C@@H]1CN(CC(=O)NC(=O)NC)c2ccccc2O1. The second-order valence-corrected chi connectivity index (χ2v) is 5.37. The second-order valence-electron chi connectivity index (χ2n) is 5.37. The molecule has 0 aromatic heterocycles. The smallest absolute Gasteiger partial charge is 0.321 e. The standard InChI is InChI=1S/C16H22N4O4/c1-3-8-18-15(22)13-9-20(10-14(21)19-16(23)17-2)11-6-4-5-7-12(11)24-13/h4-7,13H,3,8-10H2,1-2H3,(H,18,22)(H2,17,19,21,23)/t13-/m0/s1. The average molecular weight is 334 g/mol. The number of anilines is 1. The van der Waals surface area contributed by atoms with Gasteiger partial charge < -0.3 is 20.3 Å². The largest absolute Gasteiger partial charge is 0.477 e. The number of nitrogens with one attached hydrogen (secondary N) is 3. The fourth-order valence-corrected chi connectivity index (χ4v) is 2.36. The van der Waals surface area contributed by atoms with Crippen LogP contribution >= 0.6 is 0 Å². The third-order valence-corrected chi connectivity index (χ3v) is 3.52. The van der Waals surface area contributed by atoms with Crippen molar-refractivity contribution < 1.29 is 19.1 Å². The van der Waals surface area contributed by atoms with E-state index in [1.54, 1.807) is 17.0 Å². The highest BCUT2D eigenvalue weighted by molar-refractivity contribution is 5.96. The third kappa shape index (κ3) is 4.37. The molecule has 1 aliphatic heterocycles. The highest BCUT2D eigenvalue weighted by Crippen LogP contribution is 2.32. The summed E-state index contributed by atoms with van der Waals surface area (Å²) in [7, 11) is 1.43. The molecule has 1 aliphatic rings. The molecule has 1 heterocycles. The molecule has 130 valence electrons. The molecular weight excluding hydrogens is 312 g/mol. The number of para-hydroxylation sites is 2. The summed E-state index contributed by atoms with van der Waals surface area (Å²) in [6.45, 7) is 2.71. The first-order valence-electron chi connectivity index (χ1n) is 7.85. The highest BCUT2D eigenvalue weighted by atomic mass is 16.5. The summed E-state index contributed by atoms with van der Waals surface area (Å²) in [5.74, 6) is -0.144. The van der Waals surface area contributed by atoms with E-state index in [9.17, 15) is 14.4 Å². The van der Waals surface area contributed by atoms with Gasteiger partial charge in [-0.05, 0) is 18.6 Å². The molecule has 2 rings (SSSR count). The van der Waals surface area contributed by atoms with Gasteiger partial charge in [0.2, 0.25) is 5.91 Å². The fraction of sp³-hybridized carbons (Fsp3) is 0.438. The summed E-state index contributed by atoms with van der Waals surface area (Å²) < 4.78 is 5.74. The van der Waals surface area contributed by atoms with Crippen LogP contribution in [0.4, 0.5) is 10.5 Å². The first-order chi connectivity index (χ1) is 11.5. The molecule has 0 bridgehead atoms. The number of benzene rings is 1. The minimum Gasteiger partial charge on any atom is -0.477 e. The van der Waals surface area contributed by atoms with Crippen molar-refractivity contribution in [2.75, 3.05) is 31.6 Å². The van der Waals surface area contributed by atoms with Gasteiger partial charge in [0.1, 0.15) is 5.75 Å². The molecule has 8 heteroatoms. The minimum absolute atomic E-state index is 0.0502. The molecule has 0 saturated heterocycles. The Balaban J connectivity index is 2.12. The molecule has 0 radical (unpaired) electrons. The van der Waals surface area contributed by atoms with Crippen LogP contribution in [0.15, 0.2) is 24.3 Å². The van der Waals surface area contributed by atoms with E-state index in [0.717, 1.165) is 6.42 Å². The summed E-state index contributed by atoms with van der Waals surface area (Å²) in [5, 5.41) is 7.33. The van der Waals surface area contributed by atoms with Crippen LogP contribution in [0, 0.1) is 0 Å². The number of hydrogen-bond donors (Lipinski definition) is 3. The molecule has 3 N–H and O–H groups in total. The van der Waals surface area contributed by atoms with Gasteiger partial charge in [0.15, 0.2) is 6.10 Å². The lowest BCUT2D eigenvalue weighted by atomic mass is 10.1. The fourth-order valence-electron chi connectivity index (χ4n) is 2.36. The lowest BCUT2D eigenvalue weighted by molar-refractivity contribution is -0.128. The number of rotatable bonds is 5. The maximum Gasteiger partial charge on any atom is 0.321 e. The lowest BCUT2D eigenvalue weighted by Crippen LogP contribution is -2.52. The summed E-state index contributed by atoms with van der Waals surface area (Å²) in [6.07, 6.45) is 0.118. The quantitative estimate of drug-likeness (QED) is 0.716. The van der Waals surface area contributed by atoms with Gasteiger partial charge in [-0.15, -0.1) is 0 Å². The van der Waals surface area contributed by atoms with Gasteiger partial charge in [0.25, 0.3) is 5.91 Å². The van der Waals surface area contributed by atoms with E-state index >= 15 is 0 Å². The molecule has 1 atom stereocenters. The van der Waals surface area contributed by atoms with Crippen molar-refractivity contribution >= 4 is 23.5 Å². The Labute approximate surface area is 140 Å². The predicted octanol–water partition coefficient (Wildman–Crippen LogP) is 0.236.